The predicted octanol–water partition coefficient (Wildman–Crippen LogP) is 4.26. The molecule has 1 amide bonds. The molecule has 2 aromatic rings. The summed E-state index contributed by atoms with van der Waals surface area (Å²) in [4.78, 5) is 12.8. The van der Waals surface area contributed by atoms with Crippen molar-refractivity contribution in [1.82, 2.24) is 5.32 Å². The van der Waals surface area contributed by atoms with E-state index in [9.17, 15) is 13.2 Å². The second-order valence-electron chi connectivity index (χ2n) is 7.47. The molecule has 2 aromatic carbocycles. The van der Waals surface area contributed by atoms with Gasteiger partial charge in [0.05, 0.1) is 17.7 Å². The van der Waals surface area contributed by atoms with Gasteiger partial charge in [-0.05, 0) is 61.7 Å². The molecular weight excluding hydrogens is 388 g/mol. The minimum Gasteiger partial charge on any atom is -0.497 e. The lowest BCUT2D eigenvalue weighted by Crippen LogP contribution is -2.34. The van der Waals surface area contributed by atoms with Crippen LogP contribution in [-0.2, 0) is 10.0 Å². The zero-order valence-electron chi connectivity index (χ0n) is 16.9. The molecule has 0 aliphatic heterocycles. The van der Waals surface area contributed by atoms with E-state index in [-0.39, 0.29) is 16.8 Å². The Kier molecular flexibility index (Phi) is 6.79. The third-order valence-electron chi connectivity index (χ3n) is 5.30. The van der Waals surface area contributed by atoms with Crippen LogP contribution < -0.4 is 14.8 Å². The zero-order valence-corrected chi connectivity index (χ0v) is 17.7. The van der Waals surface area contributed by atoms with Gasteiger partial charge < -0.3 is 10.1 Å². The van der Waals surface area contributed by atoms with E-state index in [1.807, 2.05) is 0 Å². The van der Waals surface area contributed by atoms with Crippen LogP contribution in [0.15, 0.2) is 47.4 Å². The summed E-state index contributed by atoms with van der Waals surface area (Å²) in [6.45, 7) is 1.80. The molecule has 0 bridgehead atoms. The van der Waals surface area contributed by atoms with Crippen LogP contribution in [0.4, 0.5) is 5.69 Å². The van der Waals surface area contributed by atoms with E-state index < -0.39 is 10.0 Å². The fourth-order valence-corrected chi connectivity index (χ4v) is 4.65. The Morgan fingerprint density at radius 3 is 2.28 bits per heavy atom. The summed E-state index contributed by atoms with van der Waals surface area (Å²) in [5, 5.41) is 3.10. The zero-order chi connectivity index (χ0) is 20.9. The number of rotatable bonds is 6. The van der Waals surface area contributed by atoms with Gasteiger partial charge in [0.25, 0.3) is 15.9 Å². The lowest BCUT2D eigenvalue weighted by molar-refractivity contribution is 0.0933. The number of hydrogen-bond acceptors (Lipinski definition) is 4. The van der Waals surface area contributed by atoms with Gasteiger partial charge >= 0.3 is 0 Å². The van der Waals surface area contributed by atoms with Crippen molar-refractivity contribution in [2.75, 3.05) is 11.8 Å². The molecule has 29 heavy (non-hydrogen) atoms. The third-order valence-corrected chi connectivity index (χ3v) is 6.69. The number of amides is 1. The largest absolute Gasteiger partial charge is 0.497 e. The first-order valence-corrected chi connectivity index (χ1v) is 11.5. The number of carbonyl (C=O) groups is 1. The lowest BCUT2D eigenvalue weighted by Gasteiger charge is -2.17. The minimum atomic E-state index is -3.77. The van der Waals surface area contributed by atoms with Crippen molar-refractivity contribution < 1.29 is 17.9 Å². The molecule has 156 valence electrons. The molecular formula is C22H28N2O4S. The maximum Gasteiger partial charge on any atom is 0.261 e. The van der Waals surface area contributed by atoms with Crippen molar-refractivity contribution in [1.29, 1.82) is 0 Å². The Morgan fingerprint density at radius 2 is 1.66 bits per heavy atom. The highest BCUT2D eigenvalue weighted by atomic mass is 32.2. The van der Waals surface area contributed by atoms with Crippen LogP contribution in [0.2, 0.25) is 0 Å². The van der Waals surface area contributed by atoms with Crippen molar-refractivity contribution in [3.05, 3.63) is 53.6 Å². The Labute approximate surface area is 172 Å². The summed E-state index contributed by atoms with van der Waals surface area (Å²) >= 11 is 0. The number of carbonyl (C=O) groups excluding carboxylic acids is 1. The van der Waals surface area contributed by atoms with E-state index >= 15 is 0 Å². The molecule has 2 N–H and O–H groups in total. The smallest absolute Gasteiger partial charge is 0.261 e. The molecule has 0 heterocycles. The molecule has 3 rings (SSSR count). The van der Waals surface area contributed by atoms with E-state index in [0.717, 1.165) is 31.2 Å². The van der Waals surface area contributed by atoms with Crippen LogP contribution in [0, 0.1) is 6.92 Å². The number of hydrogen-bond donors (Lipinski definition) is 2. The van der Waals surface area contributed by atoms with Crippen LogP contribution in [0.1, 0.15) is 54.4 Å². The molecule has 1 aliphatic carbocycles. The highest BCUT2D eigenvalue weighted by Gasteiger charge is 2.19. The number of benzene rings is 2. The number of sulfonamides is 1. The van der Waals surface area contributed by atoms with Gasteiger partial charge in [-0.3, -0.25) is 9.52 Å². The first-order valence-electron chi connectivity index (χ1n) is 9.97. The first kappa shape index (κ1) is 21.2. The normalized spacial score (nSPS) is 15.4. The molecule has 1 aliphatic rings. The average Bonchev–Trinajstić information content (AvgIpc) is 2.98. The van der Waals surface area contributed by atoms with Crippen molar-refractivity contribution in [3.63, 3.8) is 0 Å². The van der Waals surface area contributed by atoms with E-state index in [0.29, 0.717) is 17.0 Å². The van der Waals surface area contributed by atoms with Gasteiger partial charge in [0.1, 0.15) is 5.75 Å². The molecule has 0 spiro atoms. The van der Waals surface area contributed by atoms with E-state index in [1.165, 1.54) is 32.1 Å². The number of methoxy groups -OCH3 is 1. The fraction of sp³-hybridized carbons (Fsp3) is 0.409. The molecule has 0 unspecified atom stereocenters. The van der Waals surface area contributed by atoms with Crippen LogP contribution in [0.25, 0.3) is 0 Å². The molecule has 0 aromatic heterocycles. The van der Waals surface area contributed by atoms with Crippen LogP contribution >= 0.6 is 0 Å². The van der Waals surface area contributed by atoms with Crippen LogP contribution in [-0.4, -0.2) is 27.5 Å². The van der Waals surface area contributed by atoms with Crippen LogP contribution in [0.3, 0.4) is 0 Å². The highest BCUT2D eigenvalue weighted by molar-refractivity contribution is 7.92. The average molecular weight is 417 g/mol. The molecule has 7 heteroatoms. The fourth-order valence-electron chi connectivity index (χ4n) is 3.52. The topological polar surface area (TPSA) is 84.5 Å². The molecule has 0 radical (unpaired) electrons. The van der Waals surface area contributed by atoms with E-state index in [2.05, 4.69) is 10.0 Å². The van der Waals surface area contributed by atoms with Gasteiger partial charge in [0.2, 0.25) is 0 Å². The molecule has 1 saturated carbocycles. The molecule has 1 fully saturated rings. The van der Waals surface area contributed by atoms with Gasteiger partial charge in [-0.2, -0.15) is 0 Å². The monoisotopic (exact) mass is 416 g/mol. The van der Waals surface area contributed by atoms with Gasteiger partial charge in [0, 0.05) is 11.6 Å². The summed E-state index contributed by atoms with van der Waals surface area (Å²) in [6.07, 6.45) is 6.68. The van der Waals surface area contributed by atoms with Gasteiger partial charge in [-0.1, -0.05) is 31.7 Å². The lowest BCUT2D eigenvalue weighted by atomic mass is 10.1. The predicted molar refractivity (Wildman–Crippen MR) is 114 cm³/mol. The number of nitrogens with one attached hydrogen (secondary N) is 2. The SMILES string of the molecule is COc1ccc(S(=O)(=O)Nc2cc(C(=O)NC3CCCCCC3)ccc2C)cc1. The van der Waals surface area contributed by atoms with E-state index in [1.54, 1.807) is 37.3 Å². The number of aryl methyl sites for hydroxylation is 1. The molecule has 0 saturated heterocycles. The van der Waals surface area contributed by atoms with Crippen molar-refractivity contribution in [2.24, 2.45) is 0 Å². The maximum absolute atomic E-state index is 12.7. The Morgan fingerprint density at radius 1 is 1.00 bits per heavy atom. The Balaban J connectivity index is 1.76. The van der Waals surface area contributed by atoms with Gasteiger partial charge in [-0.15, -0.1) is 0 Å². The second-order valence-corrected chi connectivity index (χ2v) is 9.16. The number of ether oxygens (including phenoxy) is 1. The second kappa shape index (κ2) is 9.31. The van der Waals surface area contributed by atoms with Crippen LogP contribution in [0.5, 0.6) is 5.75 Å². The molecule has 0 atom stereocenters. The maximum atomic E-state index is 12.7. The van der Waals surface area contributed by atoms with Crippen molar-refractivity contribution in [3.8, 4) is 5.75 Å². The summed E-state index contributed by atoms with van der Waals surface area (Å²) in [6, 6.07) is 11.4. The summed E-state index contributed by atoms with van der Waals surface area (Å²) in [5.74, 6) is 0.416. The van der Waals surface area contributed by atoms with Crippen molar-refractivity contribution >= 4 is 21.6 Å². The van der Waals surface area contributed by atoms with E-state index in [4.69, 9.17) is 4.74 Å². The Hall–Kier alpha value is -2.54. The first-order chi connectivity index (χ1) is 13.9. The quantitative estimate of drug-likeness (QED) is 0.689. The highest BCUT2D eigenvalue weighted by Crippen LogP contribution is 2.23. The standard InChI is InChI=1S/C22H28N2O4S/c1-16-9-10-17(22(25)23-18-7-5-3-4-6-8-18)15-21(16)24-29(26,27)20-13-11-19(28-2)12-14-20/h9-15,18,24H,3-8H2,1-2H3,(H,23,25). The Bertz CT molecular complexity index is 947. The third kappa shape index (κ3) is 5.50. The van der Waals surface area contributed by atoms with Crippen molar-refractivity contribution in [2.45, 2.75) is 56.4 Å². The minimum absolute atomic E-state index is 0.131. The molecule has 6 nitrogen and oxygen atoms in total. The van der Waals surface area contributed by atoms with Gasteiger partial charge in [0.15, 0.2) is 0 Å². The summed E-state index contributed by atoms with van der Waals surface area (Å²) in [7, 11) is -2.25. The summed E-state index contributed by atoms with van der Waals surface area (Å²) in [5.41, 5.74) is 1.59. The number of anilines is 1. The van der Waals surface area contributed by atoms with Gasteiger partial charge in [-0.25, -0.2) is 8.42 Å². The summed E-state index contributed by atoms with van der Waals surface area (Å²) < 4.78 is 33.1.